The van der Waals surface area contributed by atoms with Crippen molar-refractivity contribution < 1.29 is 9.53 Å². The van der Waals surface area contributed by atoms with Crippen molar-refractivity contribution in [1.29, 1.82) is 0 Å². The normalized spacial score (nSPS) is 17.0. The lowest BCUT2D eigenvalue weighted by Gasteiger charge is -2.34. The summed E-state index contributed by atoms with van der Waals surface area (Å²) in [5.74, 6) is 0.626. The second-order valence-corrected chi connectivity index (χ2v) is 7.00. The molecular formula is C20H20ClN5O2. The molecule has 1 saturated heterocycles. The minimum Gasteiger partial charge on any atom is -0.377 e. The van der Waals surface area contributed by atoms with Gasteiger partial charge in [0.15, 0.2) is 5.65 Å². The van der Waals surface area contributed by atoms with E-state index in [-0.39, 0.29) is 17.2 Å². The second-order valence-electron chi connectivity index (χ2n) is 6.66. The lowest BCUT2D eigenvalue weighted by molar-refractivity contribution is 0.0963. The number of carbonyl (C=O) groups excluding carboxylic acids is 1. The van der Waals surface area contributed by atoms with E-state index in [1.165, 1.54) is 0 Å². The van der Waals surface area contributed by atoms with E-state index in [0.717, 1.165) is 23.3 Å². The summed E-state index contributed by atoms with van der Waals surface area (Å²) in [7, 11) is 1.61. The average molecular weight is 398 g/mol. The molecule has 0 saturated carbocycles. The van der Waals surface area contributed by atoms with Crippen molar-refractivity contribution in [2.24, 2.45) is 0 Å². The van der Waals surface area contributed by atoms with Crippen LogP contribution in [-0.2, 0) is 4.74 Å². The van der Waals surface area contributed by atoms with Gasteiger partial charge in [-0.15, -0.1) is 0 Å². The molecule has 0 bridgehead atoms. The van der Waals surface area contributed by atoms with Crippen LogP contribution in [0.3, 0.4) is 0 Å². The third kappa shape index (κ3) is 3.50. The van der Waals surface area contributed by atoms with E-state index < -0.39 is 0 Å². The van der Waals surface area contributed by atoms with Gasteiger partial charge in [0.1, 0.15) is 5.82 Å². The number of nitrogens with zero attached hydrogens (tertiary/aromatic N) is 4. The van der Waals surface area contributed by atoms with Crippen molar-refractivity contribution >= 4 is 34.4 Å². The molecule has 1 atom stereocenters. The minimum absolute atomic E-state index is 0.142. The Hall–Kier alpha value is -2.77. The molecule has 2 aromatic heterocycles. The van der Waals surface area contributed by atoms with Gasteiger partial charge in [0.2, 0.25) is 5.28 Å². The SMILES string of the molecule is CNC(=O)c1cccc(-c2ccc3c(N4CCOC[C@@H]4C)nc(Cl)nc3n2)c1. The first-order valence-electron chi connectivity index (χ1n) is 9.08. The van der Waals surface area contributed by atoms with E-state index in [1.54, 1.807) is 19.2 Å². The van der Waals surface area contributed by atoms with Crippen LogP contribution in [0.15, 0.2) is 36.4 Å². The second kappa shape index (κ2) is 7.69. The third-order valence-corrected chi connectivity index (χ3v) is 4.97. The Balaban J connectivity index is 1.79. The summed E-state index contributed by atoms with van der Waals surface area (Å²) in [5, 5.41) is 3.63. The van der Waals surface area contributed by atoms with E-state index in [1.807, 2.05) is 24.3 Å². The number of rotatable bonds is 3. The number of aromatic nitrogens is 3. The standard InChI is InChI=1S/C20H20ClN5O2/c1-12-11-28-9-8-26(12)18-15-6-7-16(23-17(15)24-20(21)25-18)13-4-3-5-14(10-13)19(27)22-2/h3-7,10,12H,8-9,11H2,1-2H3,(H,22,27)/t12-/m0/s1. The zero-order valence-electron chi connectivity index (χ0n) is 15.6. The largest absolute Gasteiger partial charge is 0.377 e. The molecule has 8 heteroatoms. The maximum atomic E-state index is 11.9. The van der Waals surface area contributed by atoms with E-state index in [4.69, 9.17) is 16.3 Å². The predicted octanol–water partition coefficient (Wildman–Crippen LogP) is 2.93. The van der Waals surface area contributed by atoms with E-state index in [2.05, 4.69) is 32.1 Å². The molecule has 1 aliphatic heterocycles. The molecule has 0 aliphatic carbocycles. The molecule has 4 rings (SSSR count). The Morgan fingerprint density at radius 1 is 1.25 bits per heavy atom. The molecule has 28 heavy (non-hydrogen) atoms. The van der Waals surface area contributed by atoms with Crippen LogP contribution in [0.4, 0.5) is 5.82 Å². The van der Waals surface area contributed by atoms with Gasteiger partial charge in [-0.05, 0) is 42.8 Å². The molecule has 1 amide bonds. The molecule has 1 aromatic carbocycles. The van der Waals surface area contributed by atoms with Gasteiger partial charge < -0.3 is 15.0 Å². The summed E-state index contributed by atoms with van der Waals surface area (Å²) in [4.78, 5) is 27.6. The Kier molecular flexibility index (Phi) is 5.11. The van der Waals surface area contributed by atoms with Crippen molar-refractivity contribution in [3.05, 3.63) is 47.2 Å². The first-order chi connectivity index (χ1) is 13.6. The number of anilines is 1. The number of pyridine rings is 1. The van der Waals surface area contributed by atoms with Crippen LogP contribution >= 0.6 is 11.6 Å². The van der Waals surface area contributed by atoms with E-state index in [0.29, 0.717) is 30.1 Å². The molecule has 7 nitrogen and oxygen atoms in total. The van der Waals surface area contributed by atoms with Crippen LogP contribution < -0.4 is 10.2 Å². The molecule has 0 unspecified atom stereocenters. The van der Waals surface area contributed by atoms with Gasteiger partial charge in [-0.3, -0.25) is 4.79 Å². The summed E-state index contributed by atoms with van der Waals surface area (Å²) in [6, 6.07) is 11.4. The summed E-state index contributed by atoms with van der Waals surface area (Å²) < 4.78 is 5.53. The number of morpholine rings is 1. The van der Waals surface area contributed by atoms with Gasteiger partial charge in [-0.2, -0.15) is 9.97 Å². The summed E-state index contributed by atoms with van der Waals surface area (Å²) in [5.41, 5.74) is 2.65. The fourth-order valence-electron chi connectivity index (χ4n) is 3.35. The number of nitrogens with one attached hydrogen (secondary N) is 1. The number of hydrogen-bond donors (Lipinski definition) is 1. The highest BCUT2D eigenvalue weighted by Gasteiger charge is 2.23. The number of halogens is 1. The van der Waals surface area contributed by atoms with Crippen LogP contribution in [0, 0.1) is 0 Å². The maximum absolute atomic E-state index is 11.9. The Labute approximate surface area is 167 Å². The van der Waals surface area contributed by atoms with Gasteiger partial charge in [0.05, 0.1) is 30.3 Å². The van der Waals surface area contributed by atoms with E-state index in [9.17, 15) is 4.79 Å². The summed E-state index contributed by atoms with van der Waals surface area (Å²) in [6.45, 7) is 4.11. The quantitative estimate of drug-likeness (QED) is 0.684. The highest BCUT2D eigenvalue weighted by atomic mass is 35.5. The lowest BCUT2D eigenvalue weighted by Crippen LogP contribution is -2.44. The number of hydrogen-bond acceptors (Lipinski definition) is 6. The van der Waals surface area contributed by atoms with Gasteiger partial charge in [0.25, 0.3) is 5.91 Å². The summed E-state index contributed by atoms with van der Waals surface area (Å²) >= 11 is 6.20. The molecule has 3 heterocycles. The molecular weight excluding hydrogens is 378 g/mol. The van der Waals surface area contributed by atoms with Crippen LogP contribution in [-0.4, -0.2) is 53.7 Å². The third-order valence-electron chi connectivity index (χ3n) is 4.80. The topological polar surface area (TPSA) is 80.2 Å². The number of ether oxygens (including phenoxy) is 1. The van der Waals surface area contributed by atoms with Crippen molar-refractivity contribution in [1.82, 2.24) is 20.3 Å². The predicted molar refractivity (Wildman–Crippen MR) is 109 cm³/mol. The van der Waals surface area contributed by atoms with Crippen LogP contribution in [0.2, 0.25) is 5.28 Å². The highest BCUT2D eigenvalue weighted by Crippen LogP contribution is 2.29. The van der Waals surface area contributed by atoms with Gasteiger partial charge >= 0.3 is 0 Å². The van der Waals surface area contributed by atoms with Crippen molar-refractivity contribution in [3.63, 3.8) is 0 Å². The number of carbonyl (C=O) groups is 1. The molecule has 0 radical (unpaired) electrons. The van der Waals surface area contributed by atoms with Gasteiger partial charge in [-0.1, -0.05) is 12.1 Å². The average Bonchev–Trinajstić information content (AvgIpc) is 2.72. The Bertz CT molecular complexity index is 1040. The zero-order chi connectivity index (χ0) is 19.7. The van der Waals surface area contributed by atoms with Crippen molar-refractivity contribution in [2.75, 3.05) is 31.7 Å². The first-order valence-corrected chi connectivity index (χ1v) is 9.46. The minimum atomic E-state index is -0.142. The summed E-state index contributed by atoms with van der Waals surface area (Å²) in [6.07, 6.45) is 0. The number of amides is 1. The van der Waals surface area contributed by atoms with Crippen LogP contribution in [0.5, 0.6) is 0 Å². The molecule has 3 aromatic rings. The van der Waals surface area contributed by atoms with E-state index >= 15 is 0 Å². The Morgan fingerprint density at radius 2 is 2.11 bits per heavy atom. The fourth-order valence-corrected chi connectivity index (χ4v) is 3.51. The van der Waals surface area contributed by atoms with Gasteiger partial charge in [0, 0.05) is 24.7 Å². The van der Waals surface area contributed by atoms with Crippen LogP contribution in [0.25, 0.3) is 22.3 Å². The molecule has 1 N–H and O–H groups in total. The van der Waals surface area contributed by atoms with Gasteiger partial charge in [-0.25, -0.2) is 4.98 Å². The zero-order valence-corrected chi connectivity index (χ0v) is 16.4. The number of benzene rings is 1. The lowest BCUT2D eigenvalue weighted by atomic mass is 10.1. The number of fused-ring (bicyclic) bond motifs is 1. The smallest absolute Gasteiger partial charge is 0.251 e. The maximum Gasteiger partial charge on any atom is 0.251 e. The molecule has 1 aliphatic rings. The van der Waals surface area contributed by atoms with Crippen molar-refractivity contribution in [3.8, 4) is 11.3 Å². The first kappa shape index (κ1) is 18.6. The highest BCUT2D eigenvalue weighted by molar-refractivity contribution is 6.28. The molecule has 0 spiro atoms. The monoisotopic (exact) mass is 397 g/mol. The Morgan fingerprint density at radius 3 is 2.89 bits per heavy atom. The van der Waals surface area contributed by atoms with Crippen LogP contribution in [0.1, 0.15) is 17.3 Å². The molecule has 1 fully saturated rings. The van der Waals surface area contributed by atoms with Crippen molar-refractivity contribution in [2.45, 2.75) is 13.0 Å². The molecule has 144 valence electrons. The fraction of sp³-hybridized carbons (Fsp3) is 0.300.